The van der Waals surface area contributed by atoms with E-state index >= 15 is 0 Å². The summed E-state index contributed by atoms with van der Waals surface area (Å²) in [7, 11) is 0. The number of benzene rings is 1. The molecule has 2 N–H and O–H groups in total. The zero-order valence-corrected chi connectivity index (χ0v) is 16.3. The highest BCUT2D eigenvalue weighted by Gasteiger charge is 2.20. The number of hydrogen-bond acceptors (Lipinski definition) is 4. The fourth-order valence-electron chi connectivity index (χ4n) is 2.22. The van der Waals surface area contributed by atoms with E-state index in [-0.39, 0.29) is 17.6 Å². The molecule has 5 nitrogen and oxygen atoms in total. The number of nitrogens with zero attached hydrogens (tertiary/aromatic N) is 1. The molecule has 0 radical (unpaired) electrons. The van der Waals surface area contributed by atoms with Crippen LogP contribution in [0.15, 0.2) is 24.3 Å². The Hall–Kier alpha value is -2.28. The van der Waals surface area contributed by atoms with Gasteiger partial charge in [0.2, 0.25) is 11.8 Å². The first kappa shape index (κ1) is 20.0. The molecule has 0 atom stereocenters. The van der Waals surface area contributed by atoms with Gasteiger partial charge in [-0.2, -0.15) is 0 Å². The number of amides is 2. The second-order valence-electron chi connectivity index (χ2n) is 7.09. The van der Waals surface area contributed by atoms with E-state index in [0.29, 0.717) is 24.5 Å². The van der Waals surface area contributed by atoms with Gasteiger partial charge in [0.1, 0.15) is 5.82 Å². The summed E-state index contributed by atoms with van der Waals surface area (Å²) >= 11 is 1.38. The Balaban J connectivity index is 1.85. The third-order valence-corrected chi connectivity index (χ3v) is 4.59. The Morgan fingerprint density at radius 3 is 2.46 bits per heavy atom. The molecule has 2 aromatic rings. The highest BCUT2D eigenvalue weighted by atomic mass is 32.1. The number of thiazole rings is 1. The van der Waals surface area contributed by atoms with Gasteiger partial charge in [0.05, 0.1) is 5.69 Å². The fourth-order valence-corrected chi connectivity index (χ4v) is 3.08. The molecule has 0 bridgehead atoms. The van der Waals surface area contributed by atoms with Gasteiger partial charge < -0.3 is 10.6 Å². The smallest absolute Gasteiger partial charge is 0.226 e. The molecule has 0 unspecified atom stereocenters. The molecule has 0 saturated heterocycles. The Labute approximate surface area is 157 Å². The van der Waals surface area contributed by atoms with Crippen molar-refractivity contribution < 1.29 is 14.0 Å². The highest BCUT2D eigenvalue weighted by Crippen LogP contribution is 2.30. The lowest BCUT2D eigenvalue weighted by Crippen LogP contribution is -2.35. The number of halogens is 1. The molecule has 1 aromatic carbocycles. The number of nitrogens with one attached hydrogen (secondary N) is 2. The summed E-state index contributed by atoms with van der Waals surface area (Å²) in [6.07, 6.45) is 0.859. The van der Waals surface area contributed by atoms with Crippen LogP contribution in [0.2, 0.25) is 0 Å². The molecule has 26 heavy (non-hydrogen) atoms. The lowest BCUT2D eigenvalue weighted by Gasteiger charge is -2.17. The largest absolute Gasteiger partial charge is 0.356 e. The fraction of sp³-hybridized carbons (Fsp3) is 0.421. The number of carbonyl (C=O) groups is 2. The summed E-state index contributed by atoms with van der Waals surface area (Å²) < 4.78 is 13.0. The average molecular weight is 377 g/mol. The van der Waals surface area contributed by atoms with Crippen molar-refractivity contribution in [2.75, 3.05) is 11.9 Å². The number of aryl methyl sites for hydroxylation is 1. The highest BCUT2D eigenvalue weighted by molar-refractivity contribution is 7.16. The first-order valence-electron chi connectivity index (χ1n) is 8.48. The molecule has 140 valence electrons. The van der Waals surface area contributed by atoms with Crippen molar-refractivity contribution in [3.63, 3.8) is 0 Å². The number of anilines is 1. The van der Waals surface area contributed by atoms with Crippen LogP contribution in [0.4, 0.5) is 9.52 Å². The van der Waals surface area contributed by atoms with Gasteiger partial charge in [0.25, 0.3) is 0 Å². The summed E-state index contributed by atoms with van der Waals surface area (Å²) in [6.45, 7) is 7.91. The van der Waals surface area contributed by atoms with Crippen LogP contribution < -0.4 is 10.6 Å². The van der Waals surface area contributed by atoms with Crippen molar-refractivity contribution in [1.29, 1.82) is 0 Å². The van der Waals surface area contributed by atoms with Crippen molar-refractivity contribution in [2.24, 2.45) is 5.41 Å². The molecular weight excluding hydrogens is 353 g/mol. The second-order valence-corrected chi connectivity index (χ2v) is 8.29. The van der Waals surface area contributed by atoms with Crippen molar-refractivity contribution in [3.8, 4) is 11.3 Å². The third kappa shape index (κ3) is 5.62. The summed E-state index contributed by atoms with van der Waals surface area (Å²) in [5, 5.41) is 6.12. The van der Waals surface area contributed by atoms with Gasteiger partial charge in [-0.15, -0.1) is 11.3 Å². The van der Waals surface area contributed by atoms with E-state index in [1.54, 1.807) is 12.1 Å². The van der Waals surface area contributed by atoms with E-state index < -0.39 is 5.41 Å². The maximum absolute atomic E-state index is 13.0. The summed E-state index contributed by atoms with van der Waals surface area (Å²) in [4.78, 5) is 29.2. The monoisotopic (exact) mass is 377 g/mol. The SMILES string of the molecule is Cc1sc(NC(=O)CCCNC(=O)C(C)(C)C)nc1-c1ccc(F)cc1. The predicted molar refractivity (Wildman–Crippen MR) is 103 cm³/mol. The van der Waals surface area contributed by atoms with Crippen molar-refractivity contribution >= 4 is 28.3 Å². The van der Waals surface area contributed by atoms with E-state index in [9.17, 15) is 14.0 Å². The van der Waals surface area contributed by atoms with Gasteiger partial charge in [0, 0.05) is 28.8 Å². The van der Waals surface area contributed by atoms with Gasteiger partial charge >= 0.3 is 0 Å². The minimum absolute atomic E-state index is 0.0302. The van der Waals surface area contributed by atoms with Crippen molar-refractivity contribution in [2.45, 2.75) is 40.5 Å². The topological polar surface area (TPSA) is 71.1 Å². The predicted octanol–water partition coefficient (Wildman–Crippen LogP) is 4.14. The molecule has 7 heteroatoms. The summed E-state index contributed by atoms with van der Waals surface area (Å²) in [6, 6.07) is 6.11. The molecule has 0 saturated carbocycles. The molecule has 0 aliphatic carbocycles. The van der Waals surface area contributed by atoms with Crippen LogP contribution in [-0.4, -0.2) is 23.3 Å². The molecular formula is C19H24FN3O2S. The third-order valence-electron chi connectivity index (χ3n) is 3.71. The van der Waals surface area contributed by atoms with E-state index in [1.165, 1.54) is 23.5 Å². The van der Waals surface area contributed by atoms with Crippen molar-refractivity contribution in [3.05, 3.63) is 35.0 Å². The lowest BCUT2D eigenvalue weighted by molar-refractivity contribution is -0.128. The van der Waals surface area contributed by atoms with Crippen LogP contribution in [0.25, 0.3) is 11.3 Å². The Morgan fingerprint density at radius 1 is 1.19 bits per heavy atom. The maximum Gasteiger partial charge on any atom is 0.226 e. The van der Waals surface area contributed by atoms with Gasteiger partial charge in [-0.25, -0.2) is 9.37 Å². The minimum atomic E-state index is -0.433. The molecule has 0 aliphatic heterocycles. The van der Waals surface area contributed by atoms with Crippen LogP contribution in [0.1, 0.15) is 38.5 Å². The Kier molecular flexibility index (Phi) is 6.47. The van der Waals surface area contributed by atoms with E-state index in [4.69, 9.17) is 0 Å². The van der Waals surface area contributed by atoms with Gasteiger partial charge in [-0.05, 0) is 37.6 Å². The zero-order valence-electron chi connectivity index (χ0n) is 15.5. The van der Waals surface area contributed by atoms with Crippen LogP contribution in [0.5, 0.6) is 0 Å². The molecule has 0 aliphatic rings. The number of carbonyl (C=O) groups excluding carboxylic acids is 2. The molecule has 1 heterocycles. The Bertz CT molecular complexity index is 779. The van der Waals surface area contributed by atoms with Crippen LogP contribution in [-0.2, 0) is 9.59 Å². The summed E-state index contributed by atoms with van der Waals surface area (Å²) in [5.41, 5.74) is 1.12. The van der Waals surface area contributed by atoms with E-state index in [0.717, 1.165) is 16.1 Å². The number of rotatable bonds is 6. The molecule has 2 rings (SSSR count). The standard InChI is InChI=1S/C19H24FN3O2S/c1-12-16(13-7-9-14(20)10-8-13)23-18(26-12)22-15(24)6-5-11-21-17(25)19(2,3)4/h7-10H,5-6,11H2,1-4H3,(H,21,25)(H,22,23,24). The van der Waals surface area contributed by atoms with Gasteiger partial charge in [-0.3, -0.25) is 9.59 Å². The first-order chi connectivity index (χ1) is 12.2. The maximum atomic E-state index is 13.0. The lowest BCUT2D eigenvalue weighted by atomic mass is 9.96. The van der Waals surface area contributed by atoms with Gasteiger partial charge in [0.15, 0.2) is 5.13 Å². The molecule has 0 fully saturated rings. The van der Waals surface area contributed by atoms with Crippen molar-refractivity contribution in [1.82, 2.24) is 10.3 Å². The second kappa shape index (κ2) is 8.40. The summed E-state index contributed by atoms with van der Waals surface area (Å²) in [5.74, 6) is -0.472. The van der Waals surface area contributed by atoms with E-state index in [1.807, 2.05) is 27.7 Å². The number of hydrogen-bond donors (Lipinski definition) is 2. The zero-order chi connectivity index (χ0) is 19.3. The minimum Gasteiger partial charge on any atom is -0.356 e. The van der Waals surface area contributed by atoms with Crippen LogP contribution in [0, 0.1) is 18.2 Å². The molecule has 2 amide bonds. The average Bonchev–Trinajstić information content (AvgIpc) is 2.91. The first-order valence-corrected chi connectivity index (χ1v) is 9.30. The molecule has 0 spiro atoms. The Morgan fingerprint density at radius 2 is 1.85 bits per heavy atom. The van der Waals surface area contributed by atoms with Gasteiger partial charge in [-0.1, -0.05) is 20.8 Å². The quantitative estimate of drug-likeness (QED) is 0.743. The van der Waals surface area contributed by atoms with E-state index in [2.05, 4.69) is 15.6 Å². The molecule has 1 aromatic heterocycles. The van der Waals surface area contributed by atoms with Crippen LogP contribution in [0.3, 0.4) is 0 Å². The normalized spacial score (nSPS) is 11.3. The number of aromatic nitrogens is 1. The van der Waals surface area contributed by atoms with Crippen LogP contribution >= 0.6 is 11.3 Å².